The molecule has 0 bridgehead atoms. The lowest BCUT2D eigenvalue weighted by atomic mass is 10.2. The smallest absolute Gasteiger partial charge is 0.0728 e. The monoisotopic (exact) mass is 358 g/mol. The first kappa shape index (κ1) is 14.9. The Kier molecular flexibility index (Phi) is 5.28. The average molecular weight is 360 g/mol. The summed E-state index contributed by atoms with van der Waals surface area (Å²) in [7, 11) is 0. The molecule has 1 heterocycles. The van der Waals surface area contributed by atoms with Gasteiger partial charge in [0, 0.05) is 26.5 Å². The largest absolute Gasteiger partial charge is 0.376 e. The van der Waals surface area contributed by atoms with Crippen LogP contribution in [0.15, 0.2) is 34.8 Å². The number of hydrogen-bond acceptors (Lipinski definition) is 3. The normalized spacial score (nSPS) is 12.4. The zero-order valence-electron chi connectivity index (χ0n) is 10.6. The first-order valence-electron chi connectivity index (χ1n) is 6.14. The number of rotatable bonds is 5. The van der Waals surface area contributed by atoms with Gasteiger partial charge in [-0.15, -0.1) is 11.3 Å². The molecule has 1 atom stereocenters. The third kappa shape index (κ3) is 3.72. The second kappa shape index (κ2) is 6.75. The van der Waals surface area contributed by atoms with Crippen LogP contribution in [0.5, 0.6) is 0 Å². The number of nitrogens with one attached hydrogen (secondary N) is 1. The van der Waals surface area contributed by atoms with Crippen molar-refractivity contribution in [1.29, 1.82) is 0 Å². The Balaban J connectivity index is 2.16. The van der Waals surface area contributed by atoms with E-state index in [9.17, 15) is 0 Å². The van der Waals surface area contributed by atoms with Crippen molar-refractivity contribution in [3.63, 3.8) is 0 Å². The molecule has 0 radical (unpaired) electrons. The van der Waals surface area contributed by atoms with E-state index in [2.05, 4.69) is 40.3 Å². The lowest BCUT2D eigenvalue weighted by Crippen LogP contribution is -2.19. The van der Waals surface area contributed by atoms with Crippen LogP contribution >= 0.6 is 38.9 Å². The van der Waals surface area contributed by atoms with Gasteiger partial charge in [0.15, 0.2) is 0 Å². The highest BCUT2D eigenvalue weighted by atomic mass is 79.9. The molecule has 0 spiro atoms. The summed E-state index contributed by atoms with van der Waals surface area (Å²) in [6.07, 6.45) is 1.06. The van der Waals surface area contributed by atoms with Crippen LogP contribution in [0.4, 0.5) is 5.69 Å². The van der Waals surface area contributed by atoms with Crippen LogP contribution in [0.2, 0.25) is 5.02 Å². The maximum absolute atomic E-state index is 5.99. The van der Waals surface area contributed by atoms with Gasteiger partial charge in [-0.3, -0.25) is 0 Å². The first-order chi connectivity index (χ1) is 9.13. The van der Waals surface area contributed by atoms with E-state index in [-0.39, 0.29) is 6.04 Å². The van der Waals surface area contributed by atoms with Crippen molar-refractivity contribution in [2.45, 2.75) is 19.4 Å². The van der Waals surface area contributed by atoms with Gasteiger partial charge in [0.25, 0.3) is 0 Å². The zero-order chi connectivity index (χ0) is 13.8. The molecule has 1 aromatic carbocycles. The molecule has 2 aromatic rings. The summed E-state index contributed by atoms with van der Waals surface area (Å²) in [4.78, 5) is 2.65. The molecule has 2 rings (SSSR count). The van der Waals surface area contributed by atoms with E-state index in [0.717, 1.165) is 16.6 Å². The minimum absolute atomic E-state index is 0.137. The number of benzene rings is 1. The number of aryl methyl sites for hydroxylation is 1. The fourth-order valence-electron chi connectivity index (χ4n) is 1.81. The van der Waals surface area contributed by atoms with Crippen LogP contribution in [-0.2, 0) is 6.42 Å². The summed E-state index contributed by atoms with van der Waals surface area (Å²) in [5, 5.41) is 4.15. The van der Waals surface area contributed by atoms with Crippen LogP contribution in [0.3, 0.4) is 0 Å². The summed E-state index contributed by atoms with van der Waals surface area (Å²) >= 11 is 11.2. The van der Waals surface area contributed by atoms with Gasteiger partial charge in [-0.2, -0.15) is 0 Å². The number of thiophene rings is 1. The molecule has 0 aliphatic carbocycles. The highest BCUT2D eigenvalue weighted by Gasteiger charge is 2.12. The molecule has 3 N–H and O–H groups in total. The maximum Gasteiger partial charge on any atom is 0.0728 e. The Morgan fingerprint density at radius 3 is 2.74 bits per heavy atom. The Morgan fingerprint density at radius 1 is 1.37 bits per heavy atom. The third-order valence-electron chi connectivity index (χ3n) is 2.87. The Morgan fingerprint density at radius 2 is 2.16 bits per heavy atom. The molecule has 1 unspecified atom stereocenters. The van der Waals surface area contributed by atoms with E-state index in [1.807, 2.05) is 29.5 Å². The Hall–Kier alpha value is -0.550. The number of anilines is 1. The van der Waals surface area contributed by atoms with Gasteiger partial charge in [-0.25, -0.2) is 0 Å². The van der Waals surface area contributed by atoms with Gasteiger partial charge >= 0.3 is 0 Å². The molecule has 0 aliphatic rings. The summed E-state index contributed by atoms with van der Waals surface area (Å²) in [6.45, 7) is 2.72. The molecule has 0 aliphatic heterocycles. The summed E-state index contributed by atoms with van der Waals surface area (Å²) < 4.78 is 0.885. The van der Waals surface area contributed by atoms with E-state index >= 15 is 0 Å². The third-order valence-corrected chi connectivity index (χ3v) is 5.43. The van der Waals surface area contributed by atoms with Crippen molar-refractivity contribution in [2.75, 3.05) is 11.9 Å². The lowest BCUT2D eigenvalue weighted by Gasteiger charge is -2.17. The van der Waals surface area contributed by atoms with Crippen LogP contribution in [0.25, 0.3) is 0 Å². The van der Waals surface area contributed by atoms with E-state index in [4.69, 9.17) is 17.3 Å². The fourth-order valence-corrected chi connectivity index (χ4v) is 3.32. The molecular weight excluding hydrogens is 344 g/mol. The van der Waals surface area contributed by atoms with Crippen LogP contribution < -0.4 is 11.1 Å². The predicted molar refractivity (Wildman–Crippen MR) is 88.3 cm³/mol. The standard InChI is InChI=1S/C14H16BrClN2S/c1-2-10-4-6-14(19-10)13(8-17)18-9-3-5-12(16)11(15)7-9/h3-7,13,18H,2,8,17H2,1H3. The quantitative estimate of drug-likeness (QED) is 0.801. The van der Waals surface area contributed by atoms with E-state index in [1.165, 1.54) is 9.75 Å². The van der Waals surface area contributed by atoms with Gasteiger partial charge in [0.1, 0.15) is 0 Å². The fraction of sp³-hybridized carbons (Fsp3) is 0.286. The van der Waals surface area contributed by atoms with Crippen molar-refractivity contribution in [3.8, 4) is 0 Å². The second-order valence-corrected chi connectivity index (χ2v) is 6.68. The lowest BCUT2D eigenvalue weighted by molar-refractivity contribution is 0.806. The van der Waals surface area contributed by atoms with Crippen molar-refractivity contribution >= 4 is 44.6 Å². The van der Waals surface area contributed by atoms with Gasteiger partial charge in [0.2, 0.25) is 0 Å². The SMILES string of the molecule is CCc1ccc(C(CN)Nc2ccc(Cl)c(Br)c2)s1. The van der Waals surface area contributed by atoms with E-state index in [1.54, 1.807) is 0 Å². The van der Waals surface area contributed by atoms with Gasteiger partial charge in [-0.05, 0) is 52.7 Å². The Labute approximate surface area is 131 Å². The molecule has 19 heavy (non-hydrogen) atoms. The van der Waals surface area contributed by atoms with Crippen LogP contribution in [0, 0.1) is 0 Å². The molecule has 1 aromatic heterocycles. The molecule has 0 fully saturated rings. The molecular formula is C14H16BrClN2S. The van der Waals surface area contributed by atoms with Crippen molar-refractivity contribution in [1.82, 2.24) is 0 Å². The molecule has 0 saturated heterocycles. The van der Waals surface area contributed by atoms with E-state index < -0.39 is 0 Å². The first-order valence-corrected chi connectivity index (χ1v) is 8.13. The maximum atomic E-state index is 5.99. The van der Waals surface area contributed by atoms with Crippen molar-refractivity contribution in [3.05, 3.63) is 49.6 Å². The highest BCUT2D eigenvalue weighted by Crippen LogP contribution is 2.30. The van der Waals surface area contributed by atoms with Crippen LogP contribution in [-0.4, -0.2) is 6.54 Å². The van der Waals surface area contributed by atoms with Crippen molar-refractivity contribution in [2.24, 2.45) is 5.73 Å². The Bertz CT molecular complexity index is 556. The van der Waals surface area contributed by atoms with Gasteiger partial charge in [0.05, 0.1) is 11.1 Å². The summed E-state index contributed by atoms with van der Waals surface area (Å²) in [5.74, 6) is 0. The number of nitrogens with two attached hydrogens (primary N) is 1. The molecule has 5 heteroatoms. The molecule has 0 amide bonds. The minimum Gasteiger partial charge on any atom is -0.376 e. The predicted octanol–water partition coefficient (Wildman–Crippen LogP) is 4.84. The van der Waals surface area contributed by atoms with Gasteiger partial charge < -0.3 is 11.1 Å². The summed E-state index contributed by atoms with van der Waals surface area (Å²) in [5.41, 5.74) is 6.89. The van der Waals surface area contributed by atoms with Crippen molar-refractivity contribution < 1.29 is 0 Å². The number of hydrogen-bond donors (Lipinski definition) is 2. The molecule has 0 saturated carbocycles. The molecule has 102 valence electrons. The highest BCUT2D eigenvalue weighted by molar-refractivity contribution is 9.10. The van der Waals surface area contributed by atoms with E-state index in [0.29, 0.717) is 11.6 Å². The number of halogens is 2. The van der Waals surface area contributed by atoms with Gasteiger partial charge in [-0.1, -0.05) is 18.5 Å². The minimum atomic E-state index is 0.137. The topological polar surface area (TPSA) is 38.0 Å². The summed E-state index contributed by atoms with van der Waals surface area (Å²) in [6, 6.07) is 10.3. The molecule has 2 nitrogen and oxygen atoms in total. The van der Waals surface area contributed by atoms with Crippen LogP contribution in [0.1, 0.15) is 22.7 Å². The zero-order valence-corrected chi connectivity index (χ0v) is 13.8. The average Bonchev–Trinajstić information content (AvgIpc) is 2.88. The second-order valence-electron chi connectivity index (χ2n) is 4.22.